The van der Waals surface area contributed by atoms with Crippen molar-refractivity contribution in [2.75, 3.05) is 6.54 Å². The predicted molar refractivity (Wildman–Crippen MR) is 37.1 cm³/mol. The SMILES string of the molecule is O=C1NCC2=C(C=NC2=O)N1. The lowest BCUT2D eigenvalue weighted by molar-refractivity contribution is -0.114. The number of amides is 3. The van der Waals surface area contributed by atoms with Gasteiger partial charge in [0.1, 0.15) is 0 Å². The van der Waals surface area contributed by atoms with Crippen LogP contribution in [0.2, 0.25) is 0 Å². The molecule has 0 bridgehead atoms. The molecule has 0 unspecified atom stereocenters. The van der Waals surface area contributed by atoms with E-state index in [2.05, 4.69) is 15.6 Å². The zero-order valence-corrected chi connectivity index (χ0v) is 5.55. The Morgan fingerprint density at radius 1 is 1.45 bits per heavy atom. The third-order valence-corrected chi connectivity index (χ3v) is 1.57. The highest BCUT2D eigenvalue weighted by molar-refractivity contribution is 6.13. The van der Waals surface area contributed by atoms with Crippen LogP contribution in [0.1, 0.15) is 0 Å². The topological polar surface area (TPSA) is 70.6 Å². The van der Waals surface area contributed by atoms with Gasteiger partial charge >= 0.3 is 6.03 Å². The van der Waals surface area contributed by atoms with Gasteiger partial charge in [-0.25, -0.2) is 9.79 Å². The first-order valence-corrected chi connectivity index (χ1v) is 3.14. The summed E-state index contributed by atoms with van der Waals surface area (Å²) in [6.07, 6.45) is 1.37. The highest BCUT2D eigenvalue weighted by Gasteiger charge is 2.24. The van der Waals surface area contributed by atoms with Gasteiger partial charge < -0.3 is 10.6 Å². The average Bonchev–Trinajstić information content (AvgIpc) is 2.32. The van der Waals surface area contributed by atoms with Gasteiger partial charge in [0.15, 0.2) is 0 Å². The molecule has 3 amide bonds. The number of urea groups is 1. The first-order valence-electron chi connectivity index (χ1n) is 3.14. The zero-order valence-electron chi connectivity index (χ0n) is 5.55. The second kappa shape index (κ2) is 1.91. The van der Waals surface area contributed by atoms with E-state index in [1.54, 1.807) is 0 Å². The van der Waals surface area contributed by atoms with Gasteiger partial charge in [0.2, 0.25) is 0 Å². The van der Waals surface area contributed by atoms with E-state index in [0.717, 1.165) is 0 Å². The van der Waals surface area contributed by atoms with Crippen molar-refractivity contribution in [3.63, 3.8) is 0 Å². The molecule has 0 saturated heterocycles. The van der Waals surface area contributed by atoms with Crippen LogP contribution in [0.15, 0.2) is 16.3 Å². The molecule has 11 heavy (non-hydrogen) atoms. The number of hydrogen-bond acceptors (Lipinski definition) is 2. The molecule has 0 aromatic rings. The van der Waals surface area contributed by atoms with Crippen LogP contribution in [0.3, 0.4) is 0 Å². The first-order chi connectivity index (χ1) is 5.27. The smallest absolute Gasteiger partial charge is 0.319 e. The fraction of sp³-hybridized carbons (Fsp3) is 0.167. The Balaban J connectivity index is 2.36. The lowest BCUT2D eigenvalue weighted by Crippen LogP contribution is -2.42. The highest BCUT2D eigenvalue weighted by atomic mass is 16.2. The highest BCUT2D eigenvalue weighted by Crippen LogP contribution is 2.10. The lowest BCUT2D eigenvalue weighted by atomic mass is 10.2. The van der Waals surface area contributed by atoms with Gasteiger partial charge in [0.05, 0.1) is 24.0 Å². The molecule has 0 saturated carbocycles. The maximum atomic E-state index is 10.9. The third-order valence-electron chi connectivity index (χ3n) is 1.57. The van der Waals surface area contributed by atoms with Crippen LogP contribution in [0.4, 0.5) is 4.79 Å². The van der Waals surface area contributed by atoms with Gasteiger partial charge in [0.25, 0.3) is 5.91 Å². The molecule has 0 aromatic heterocycles. The fourth-order valence-electron chi connectivity index (χ4n) is 1.01. The molecule has 0 aromatic carbocycles. The Morgan fingerprint density at radius 2 is 2.27 bits per heavy atom. The van der Waals surface area contributed by atoms with Crippen LogP contribution in [-0.4, -0.2) is 24.7 Å². The molecule has 2 heterocycles. The molecule has 56 valence electrons. The van der Waals surface area contributed by atoms with E-state index in [9.17, 15) is 9.59 Å². The normalized spacial score (nSPS) is 21.5. The molecule has 0 radical (unpaired) electrons. The molecule has 0 fully saturated rings. The summed E-state index contributed by atoms with van der Waals surface area (Å²) < 4.78 is 0. The zero-order chi connectivity index (χ0) is 7.84. The van der Waals surface area contributed by atoms with E-state index in [1.165, 1.54) is 6.21 Å². The van der Waals surface area contributed by atoms with E-state index in [1.807, 2.05) is 0 Å². The van der Waals surface area contributed by atoms with Crippen LogP contribution < -0.4 is 10.6 Å². The van der Waals surface area contributed by atoms with Gasteiger partial charge in [0, 0.05) is 0 Å². The fourth-order valence-corrected chi connectivity index (χ4v) is 1.01. The van der Waals surface area contributed by atoms with Crippen molar-refractivity contribution in [1.82, 2.24) is 10.6 Å². The van der Waals surface area contributed by atoms with Gasteiger partial charge in [-0.15, -0.1) is 0 Å². The van der Waals surface area contributed by atoms with Crippen LogP contribution in [0.25, 0.3) is 0 Å². The summed E-state index contributed by atoms with van der Waals surface area (Å²) in [5.41, 5.74) is 1.06. The Hall–Kier alpha value is -1.65. The maximum absolute atomic E-state index is 10.9. The number of nitrogens with zero attached hydrogens (tertiary/aromatic N) is 1. The van der Waals surface area contributed by atoms with Gasteiger partial charge in [-0.05, 0) is 0 Å². The minimum Gasteiger partial charge on any atom is -0.333 e. The predicted octanol–water partition coefficient (Wildman–Crippen LogP) is -0.836. The van der Waals surface area contributed by atoms with E-state index in [-0.39, 0.29) is 18.5 Å². The summed E-state index contributed by atoms with van der Waals surface area (Å²) in [7, 11) is 0. The van der Waals surface area contributed by atoms with Crippen molar-refractivity contribution < 1.29 is 9.59 Å². The Morgan fingerprint density at radius 3 is 3.09 bits per heavy atom. The molecule has 5 heteroatoms. The van der Waals surface area contributed by atoms with Gasteiger partial charge in [-0.1, -0.05) is 0 Å². The number of aliphatic imine (C=N–C) groups is 1. The van der Waals surface area contributed by atoms with Crippen molar-refractivity contribution in [3.05, 3.63) is 11.3 Å². The number of carbonyl (C=O) groups is 2. The summed E-state index contributed by atoms with van der Waals surface area (Å²) >= 11 is 0. The van der Waals surface area contributed by atoms with Crippen molar-refractivity contribution >= 4 is 18.2 Å². The Bertz CT molecular complexity index is 303. The molecule has 0 aliphatic carbocycles. The molecule has 0 atom stereocenters. The molecular formula is C6H5N3O2. The Kier molecular flexibility index (Phi) is 1.06. The molecule has 2 N–H and O–H groups in total. The van der Waals surface area contributed by atoms with Crippen molar-refractivity contribution in [1.29, 1.82) is 0 Å². The number of rotatable bonds is 0. The second-order valence-electron chi connectivity index (χ2n) is 2.26. The van der Waals surface area contributed by atoms with E-state index < -0.39 is 0 Å². The summed E-state index contributed by atoms with van der Waals surface area (Å²) in [5.74, 6) is -0.271. The van der Waals surface area contributed by atoms with Crippen LogP contribution >= 0.6 is 0 Å². The molecule has 5 nitrogen and oxygen atoms in total. The van der Waals surface area contributed by atoms with Crippen LogP contribution in [0.5, 0.6) is 0 Å². The number of carbonyl (C=O) groups excluding carboxylic acids is 2. The minimum absolute atomic E-state index is 0.271. The summed E-state index contributed by atoms with van der Waals surface area (Å²) in [6.45, 7) is 0.278. The molecular weight excluding hydrogens is 146 g/mol. The summed E-state index contributed by atoms with van der Waals surface area (Å²) in [4.78, 5) is 25.1. The first kappa shape index (κ1) is 6.09. The standard InChI is InChI=1S/C6H5N3O2/c10-5-3-1-8-6(11)9-4(3)2-7-5/h2H,1H2,(H2,8,9,11). The number of nitrogens with one attached hydrogen (secondary N) is 2. The van der Waals surface area contributed by atoms with Crippen LogP contribution in [0, 0.1) is 0 Å². The van der Waals surface area contributed by atoms with Crippen molar-refractivity contribution in [2.45, 2.75) is 0 Å². The largest absolute Gasteiger partial charge is 0.333 e. The maximum Gasteiger partial charge on any atom is 0.319 e. The van der Waals surface area contributed by atoms with Gasteiger partial charge in [-0.2, -0.15) is 0 Å². The Labute approximate surface area is 62.2 Å². The molecule has 0 spiro atoms. The minimum atomic E-state index is -0.287. The molecule has 2 rings (SSSR count). The molecule has 2 aliphatic rings. The average molecular weight is 151 g/mol. The van der Waals surface area contributed by atoms with E-state index >= 15 is 0 Å². The second-order valence-corrected chi connectivity index (χ2v) is 2.26. The number of hydrogen-bond donors (Lipinski definition) is 2. The van der Waals surface area contributed by atoms with Crippen LogP contribution in [-0.2, 0) is 4.79 Å². The van der Waals surface area contributed by atoms with Gasteiger partial charge in [-0.3, -0.25) is 4.79 Å². The van der Waals surface area contributed by atoms with E-state index in [0.29, 0.717) is 11.3 Å². The van der Waals surface area contributed by atoms with E-state index in [4.69, 9.17) is 0 Å². The number of allylic oxidation sites excluding steroid dienone is 1. The summed E-state index contributed by atoms with van der Waals surface area (Å²) in [6, 6.07) is -0.287. The third kappa shape index (κ3) is 0.813. The summed E-state index contributed by atoms with van der Waals surface area (Å²) in [5, 5.41) is 4.94. The van der Waals surface area contributed by atoms with Crippen molar-refractivity contribution in [3.8, 4) is 0 Å². The lowest BCUT2D eigenvalue weighted by Gasteiger charge is -2.13. The monoisotopic (exact) mass is 151 g/mol. The quantitative estimate of drug-likeness (QED) is 0.474. The van der Waals surface area contributed by atoms with Crippen molar-refractivity contribution in [2.24, 2.45) is 4.99 Å². The molecule has 2 aliphatic heterocycles.